The second-order valence-corrected chi connectivity index (χ2v) is 5.60. The van der Waals surface area contributed by atoms with Gasteiger partial charge in [-0.15, -0.1) is 0 Å². The zero-order chi connectivity index (χ0) is 19.0. The van der Waals surface area contributed by atoms with Crippen LogP contribution in [0.1, 0.15) is 43.8 Å². The number of hydrogen-bond acceptors (Lipinski definition) is 6. The predicted molar refractivity (Wildman–Crippen MR) is 92.4 cm³/mol. The number of amides is 2. The van der Waals surface area contributed by atoms with Crippen molar-refractivity contribution in [2.45, 2.75) is 13.8 Å². The van der Waals surface area contributed by atoms with E-state index in [4.69, 9.17) is 14.6 Å². The van der Waals surface area contributed by atoms with Crippen LogP contribution < -0.4 is 16.7 Å². The van der Waals surface area contributed by atoms with E-state index in [2.05, 4.69) is 5.32 Å². The summed E-state index contributed by atoms with van der Waals surface area (Å²) in [6.07, 6.45) is 0. The lowest BCUT2D eigenvalue weighted by molar-refractivity contribution is 0.0974. The van der Waals surface area contributed by atoms with Gasteiger partial charge in [0, 0.05) is 5.39 Å². The first-order valence-electron chi connectivity index (χ1n) is 7.58. The Morgan fingerprint density at radius 3 is 2.42 bits per heavy atom. The van der Waals surface area contributed by atoms with Crippen LogP contribution in [-0.2, 0) is 0 Å². The molecular weight excluding hydrogens is 340 g/mol. The Hall–Kier alpha value is -3.68. The molecule has 0 bridgehead atoms. The van der Waals surface area contributed by atoms with Gasteiger partial charge in [-0.1, -0.05) is 18.2 Å². The van der Waals surface area contributed by atoms with E-state index < -0.39 is 23.2 Å². The van der Waals surface area contributed by atoms with Crippen molar-refractivity contribution in [1.82, 2.24) is 0 Å². The zero-order valence-corrected chi connectivity index (χ0v) is 13.9. The quantitative estimate of drug-likeness (QED) is 0.545. The zero-order valence-electron chi connectivity index (χ0n) is 13.9. The van der Waals surface area contributed by atoms with E-state index in [-0.39, 0.29) is 28.3 Å². The molecule has 0 radical (unpaired) electrons. The maximum atomic E-state index is 12.5. The Kier molecular flexibility index (Phi) is 4.17. The van der Waals surface area contributed by atoms with Crippen molar-refractivity contribution in [2.75, 3.05) is 5.32 Å². The maximum absolute atomic E-state index is 12.5. The summed E-state index contributed by atoms with van der Waals surface area (Å²) in [4.78, 5) is 48.0. The van der Waals surface area contributed by atoms with E-state index >= 15 is 0 Å². The third-order valence-electron chi connectivity index (χ3n) is 3.80. The summed E-state index contributed by atoms with van der Waals surface area (Å²) in [5.74, 6) is -2.39. The number of Topliss-reactive ketones (excluding diaryl/α,β-unsaturated/α-hetero) is 1. The summed E-state index contributed by atoms with van der Waals surface area (Å²) < 4.78 is 10.4. The number of carbonyl (C=O) groups excluding carboxylic acids is 3. The molecule has 0 fully saturated rings. The average Bonchev–Trinajstić information content (AvgIpc) is 2.90. The van der Waals surface area contributed by atoms with Crippen molar-refractivity contribution >= 4 is 34.5 Å². The van der Waals surface area contributed by atoms with E-state index in [9.17, 15) is 19.2 Å². The molecule has 0 aliphatic heterocycles. The minimum absolute atomic E-state index is 0.0154. The van der Waals surface area contributed by atoms with Crippen LogP contribution in [0.5, 0.6) is 0 Å². The number of fused-ring (bicyclic) bond motifs is 1. The highest BCUT2D eigenvalue weighted by atomic mass is 16.4. The monoisotopic (exact) mass is 354 g/mol. The van der Waals surface area contributed by atoms with E-state index in [1.807, 2.05) is 0 Å². The van der Waals surface area contributed by atoms with Crippen LogP contribution in [0.25, 0.3) is 11.0 Å². The van der Waals surface area contributed by atoms with E-state index in [1.54, 1.807) is 24.3 Å². The van der Waals surface area contributed by atoms with Crippen molar-refractivity contribution in [3.05, 3.63) is 63.2 Å². The fraction of sp³-hybridized carbons (Fsp3) is 0.111. The Bertz CT molecular complexity index is 1120. The van der Waals surface area contributed by atoms with Gasteiger partial charge in [-0.25, -0.2) is 4.79 Å². The largest absolute Gasteiger partial charge is 0.444 e. The minimum atomic E-state index is -0.937. The third-order valence-corrected chi connectivity index (χ3v) is 3.80. The fourth-order valence-electron chi connectivity index (χ4n) is 2.68. The van der Waals surface area contributed by atoms with E-state index in [0.29, 0.717) is 11.0 Å². The molecule has 0 unspecified atom stereocenters. The highest BCUT2D eigenvalue weighted by molar-refractivity contribution is 6.13. The van der Waals surface area contributed by atoms with E-state index in [0.717, 1.165) is 0 Å². The Labute approximate surface area is 146 Å². The van der Waals surface area contributed by atoms with Crippen LogP contribution >= 0.6 is 0 Å². The van der Waals surface area contributed by atoms with Gasteiger partial charge in [-0.2, -0.15) is 0 Å². The van der Waals surface area contributed by atoms with Crippen LogP contribution in [0, 0.1) is 6.92 Å². The number of nitrogens with one attached hydrogen (secondary N) is 1. The number of carbonyl (C=O) groups is 3. The molecule has 3 rings (SSSR count). The van der Waals surface area contributed by atoms with E-state index in [1.165, 1.54) is 19.9 Å². The first-order chi connectivity index (χ1) is 12.3. The molecule has 26 heavy (non-hydrogen) atoms. The number of primary amides is 1. The second kappa shape index (κ2) is 6.32. The lowest BCUT2D eigenvalue weighted by Crippen LogP contribution is -2.23. The van der Waals surface area contributed by atoms with Gasteiger partial charge >= 0.3 is 5.63 Å². The molecule has 2 heterocycles. The number of hydrogen-bond donors (Lipinski definition) is 2. The highest BCUT2D eigenvalue weighted by Gasteiger charge is 2.27. The highest BCUT2D eigenvalue weighted by Crippen LogP contribution is 2.27. The molecule has 0 aliphatic rings. The van der Waals surface area contributed by atoms with Crippen molar-refractivity contribution in [3.63, 3.8) is 0 Å². The number of anilines is 1. The smallest absolute Gasteiger partial charge is 0.349 e. The van der Waals surface area contributed by atoms with Crippen molar-refractivity contribution in [2.24, 2.45) is 5.73 Å². The predicted octanol–water partition coefficient (Wildman–Crippen LogP) is 2.25. The number of nitrogens with two attached hydrogens (primary N) is 1. The molecule has 1 aromatic carbocycles. The average molecular weight is 354 g/mol. The standard InChI is InChI=1S/C18H14N2O6/c1-8(21)13-9(2)25-17(14(13)15(19)22)20-16(23)11-7-10-5-3-4-6-12(10)26-18(11)24/h3-7H,1-2H3,(H2,19,22)(H,20,23). The van der Waals surface area contributed by atoms with Crippen LogP contribution in [-0.4, -0.2) is 17.6 Å². The first kappa shape index (κ1) is 17.2. The van der Waals surface area contributed by atoms with Gasteiger partial charge in [0.1, 0.15) is 22.5 Å². The van der Waals surface area contributed by atoms with Gasteiger partial charge in [0.2, 0.25) is 5.88 Å². The maximum Gasteiger partial charge on any atom is 0.349 e. The lowest BCUT2D eigenvalue weighted by Gasteiger charge is -2.04. The minimum Gasteiger partial charge on any atom is -0.444 e. The number of rotatable bonds is 4. The Morgan fingerprint density at radius 2 is 1.77 bits per heavy atom. The normalized spacial score (nSPS) is 10.7. The number of furan rings is 1. The number of ketones is 1. The summed E-state index contributed by atoms with van der Waals surface area (Å²) in [5.41, 5.74) is 4.25. The molecule has 8 heteroatoms. The molecule has 132 valence electrons. The summed E-state index contributed by atoms with van der Waals surface area (Å²) in [6, 6.07) is 8.05. The van der Waals surface area contributed by atoms with Crippen molar-refractivity contribution in [1.29, 1.82) is 0 Å². The number of aryl methyl sites for hydroxylation is 1. The molecule has 0 atom stereocenters. The summed E-state index contributed by atoms with van der Waals surface area (Å²) in [7, 11) is 0. The summed E-state index contributed by atoms with van der Waals surface area (Å²) in [5, 5.41) is 2.86. The molecule has 8 nitrogen and oxygen atoms in total. The summed E-state index contributed by atoms with van der Waals surface area (Å²) in [6.45, 7) is 2.71. The van der Waals surface area contributed by atoms with Gasteiger partial charge in [-0.3, -0.25) is 19.7 Å². The SMILES string of the molecule is CC(=O)c1c(C)oc(NC(=O)c2cc3ccccc3oc2=O)c1C(N)=O. The molecular formula is C18H14N2O6. The molecule has 0 aliphatic carbocycles. The van der Waals surface area contributed by atoms with Crippen LogP contribution in [0.2, 0.25) is 0 Å². The molecule has 2 amide bonds. The van der Waals surface area contributed by atoms with Gasteiger partial charge < -0.3 is 14.6 Å². The molecule has 3 aromatic rings. The Balaban J connectivity index is 2.05. The molecule has 3 N–H and O–H groups in total. The van der Waals surface area contributed by atoms with Gasteiger partial charge in [-0.05, 0) is 26.0 Å². The Morgan fingerprint density at radius 1 is 1.08 bits per heavy atom. The second-order valence-electron chi connectivity index (χ2n) is 5.60. The van der Waals surface area contributed by atoms with Gasteiger partial charge in [0.15, 0.2) is 5.78 Å². The van der Waals surface area contributed by atoms with Gasteiger partial charge in [0.25, 0.3) is 11.8 Å². The first-order valence-corrected chi connectivity index (χ1v) is 7.58. The van der Waals surface area contributed by atoms with Crippen LogP contribution in [0.3, 0.4) is 0 Å². The number of benzene rings is 1. The van der Waals surface area contributed by atoms with Crippen LogP contribution in [0.4, 0.5) is 5.88 Å². The molecule has 0 spiro atoms. The van der Waals surface area contributed by atoms with Crippen molar-refractivity contribution < 1.29 is 23.2 Å². The fourth-order valence-corrected chi connectivity index (χ4v) is 2.68. The van der Waals surface area contributed by atoms with Crippen molar-refractivity contribution in [3.8, 4) is 0 Å². The number of para-hydroxylation sites is 1. The molecule has 0 saturated heterocycles. The van der Waals surface area contributed by atoms with Gasteiger partial charge in [0.05, 0.1) is 5.56 Å². The molecule has 2 aromatic heterocycles. The third kappa shape index (κ3) is 2.88. The lowest BCUT2D eigenvalue weighted by atomic mass is 10.1. The summed E-state index contributed by atoms with van der Waals surface area (Å²) >= 11 is 0. The molecule has 0 saturated carbocycles. The van der Waals surface area contributed by atoms with Crippen LogP contribution in [0.15, 0.2) is 44.0 Å². The topological polar surface area (TPSA) is 133 Å².